The molecule has 7 heteroatoms. The molecule has 0 N–H and O–H groups in total. The summed E-state index contributed by atoms with van der Waals surface area (Å²) in [5.41, 5.74) is 0. The monoisotopic (exact) mass is 210 g/mol. The fraction of sp³-hybridized carbons (Fsp3) is 0.500. The van der Waals surface area contributed by atoms with Gasteiger partial charge in [0.2, 0.25) is 5.22 Å². The number of hydrogen-bond donors (Lipinski definition) is 0. The quantitative estimate of drug-likeness (QED) is 0.559. The molecule has 64 valence electrons. The van der Waals surface area contributed by atoms with Crippen LogP contribution in [0.1, 0.15) is 0 Å². The molecule has 0 aliphatic carbocycles. The molecule has 0 fully saturated rings. The lowest BCUT2D eigenvalue weighted by Gasteiger charge is -2.16. The fourth-order valence-corrected chi connectivity index (χ4v) is 0.837. The molecule has 1 aliphatic rings. The molecule has 0 aromatic rings. The third-order valence-electron chi connectivity index (χ3n) is 1.03. The van der Waals surface area contributed by atoms with Gasteiger partial charge in [-0.15, -0.1) is 0 Å². The van der Waals surface area contributed by atoms with Crippen LogP contribution in [0.4, 0.5) is 17.6 Å². The smallest absolute Gasteiger partial charge is 0.415 e. The Morgan fingerprint density at radius 2 is 1.55 bits per heavy atom. The van der Waals surface area contributed by atoms with E-state index >= 15 is 0 Å². The third-order valence-corrected chi connectivity index (χ3v) is 1.80. The molecule has 0 aromatic heterocycles. The molecule has 1 aliphatic heterocycles. The molecule has 0 unspecified atom stereocenters. The summed E-state index contributed by atoms with van der Waals surface area (Å²) < 4.78 is 51.8. The van der Waals surface area contributed by atoms with E-state index in [0.29, 0.717) is 0 Å². The Hall–Kier alpha value is -0.160. The molecule has 1 rings (SSSR count). The molecule has 0 saturated carbocycles. The summed E-state index contributed by atoms with van der Waals surface area (Å²) in [7, 11) is 0. The molecule has 0 bridgehead atoms. The standard InChI is InChI=1S/C4Cl2F4O/c5-1-2(6)11-4(9,10)3(1,7)8. The molecule has 0 saturated heterocycles. The minimum atomic E-state index is -4.64. The van der Waals surface area contributed by atoms with Gasteiger partial charge in [-0.3, -0.25) is 0 Å². The summed E-state index contributed by atoms with van der Waals surface area (Å²) in [5, 5.41) is -2.63. The Labute approximate surface area is 68.5 Å². The Balaban J connectivity index is 3.08. The van der Waals surface area contributed by atoms with Gasteiger partial charge in [0.15, 0.2) is 5.03 Å². The number of alkyl halides is 4. The zero-order chi connectivity index (χ0) is 8.86. The van der Waals surface area contributed by atoms with Crippen LogP contribution in [-0.4, -0.2) is 12.0 Å². The second kappa shape index (κ2) is 2.17. The zero-order valence-electron chi connectivity index (χ0n) is 4.68. The number of rotatable bonds is 0. The van der Waals surface area contributed by atoms with Crippen LogP contribution in [0.25, 0.3) is 0 Å². The van der Waals surface area contributed by atoms with E-state index in [1.807, 2.05) is 0 Å². The Bertz CT molecular complexity index is 224. The maximum atomic E-state index is 12.2. The first-order valence-corrected chi connectivity index (χ1v) is 3.05. The third kappa shape index (κ3) is 1.06. The predicted octanol–water partition coefficient (Wildman–Crippen LogP) is 2.89. The van der Waals surface area contributed by atoms with Crippen molar-refractivity contribution in [2.45, 2.75) is 12.0 Å². The zero-order valence-corrected chi connectivity index (χ0v) is 6.19. The van der Waals surface area contributed by atoms with E-state index in [4.69, 9.17) is 23.2 Å². The van der Waals surface area contributed by atoms with E-state index in [-0.39, 0.29) is 0 Å². The highest BCUT2D eigenvalue weighted by Gasteiger charge is 2.67. The maximum Gasteiger partial charge on any atom is 0.470 e. The molecule has 0 radical (unpaired) electrons. The van der Waals surface area contributed by atoms with Crippen molar-refractivity contribution >= 4 is 23.2 Å². The minimum Gasteiger partial charge on any atom is -0.415 e. The van der Waals surface area contributed by atoms with Crippen LogP contribution < -0.4 is 0 Å². The van der Waals surface area contributed by atoms with Crippen molar-refractivity contribution < 1.29 is 22.3 Å². The largest absolute Gasteiger partial charge is 0.470 e. The topological polar surface area (TPSA) is 9.23 Å². The second-order valence-electron chi connectivity index (χ2n) is 1.78. The minimum absolute atomic E-state index is 1.17. The van der Waals surface area contributed by atoms with Gasteiger partial charge in [0.1, 0.15) is 0 Å². The average molecular weight is 211 g/mol. The summed E-state index contributed by atoms with van der Waals surface area (Å²) in [6.07, 6.45) is -4.64. The van der Waals surface area contributed by atoms with Crippen LogP contribution in [-0.2, 0) is 4.74 Å². The van der Waals surface area contributed by atoms with Gasteiger partial charge in [-0.1, -0.05) is 11.6 Å². The highest BCUT2D eigenvalue weighted by molar-refractivity contribution is 6.39. The lowest BCUT2D eigenvalue weighted by Crippen LogP contribution is -2.37. The summed E-state index contributed by atoms with van der Waals surface area (Å²) in [6, 6.07) is 0. The van der Waals surface area contributed by atoms with Gasteiger partial charge in [0.05, 0.1) is 0 Å². The van der Waals surface area contributed by atoms with E-state index in [9.17, 15) is 17.6 Å². The number of halogens is 6. The Morgan fingerprint density at radius 1 is 1.09 bits per heavy atom. The highest BCUT2D eigenvalue weighted by atomic mass is 35.5. The van der Waals surface area contributed by atoms with Crippen molar-refractivity contribution in [3.05, 3.63) is 10.3 Å². The highest BCUT2D eigenvalue weighted by Crippen LogP contribution is 2.51. The van der Waals surface area contributed by atoms with Crippen molar-refractivity contribution in [1.29, 1.82) is 0 Å². The first-order chi connectivity index (χ1) is 4.79. The average Bonchev–Trinajstić information content (AvgIpc) is 1.93. The van der Waals surface area contributed by atoms with Crippen molar-refractivity contribution in [2.24, 2.45) is 0 Å². The molecular weight excluding hydrogens is 211 g/mol. The van der Waals surface area contributed by atoms with Crippen molar-refractivity contribution in [2.75, 3.05) is 0 Å². The van der Waals surface area contributed by atoms with E-state index in [2.05, 4.69) is 4.74 Å². The van der Waals surface area contributed by atoms with Crippen LogP contribution >= 0.6 is 23.2 Å². The predicted molar refractivity (Wildman–Crippen MR) is 29.7 cm³/mol. The first-order valence-electron chi connectivity index (χ1n) is 2.29. The Kier molecular flexibility index (Phi) is 1.76. The fourth-order valence-electron chi connectivity index (χ4n) is 0.473. The maximum absolute atomic E-state index is 12.2. The van der Waals surface area contributed by atoms with Crippen molar-refractivity contribution in [3.8, 4) is 0 Å². The molecule has 11 heavy (non-hydrogen) atoms. The van der Waals surface area contributed by atoms with Crippen LogP contribution in [0.15, 0.2) is 10.3 Å². The summed E-state index contributed by atoms with van der Waals surface area (Å²) in [6.45, 7) is 0. The molecule has 1 nitrogen and oxygen atoms in total. The van der Waals surface area contributed by atoms with Gasteiger partial charge in [-0.05, 0) is 11.6 Å². The molecule has 0 aromatic carbocycles. The van der Waals surface area contributed by atoms with Gasteiger partial charge in [0, 0.05) is 0 Å². The SMILES string of the molecule is FC1(F)OC(Cl)=C(Cl)C1(F)F. The molecule has 1 heterocycles. The molecule has 0 amide bonds. The van der Waals surface area contributed by atoms with Gasteiger partial charge in [-0.2, -0.15) is 17.6 Å². The van der Waals surface area contributed by atoms with E-state index in [1.165, 1.54) is 0 Å². The summed E-state index contributed by atoms with van der Waals surface area (Å²) in [4.78, 5) is 0. The van der Waals surface area contributed by atoms with E-state index in [0.717, 1.165) is 0 Å². The first kappa shape index (κ1) is 8.93. The van der Waals surface area contributed by atoms with Gasteiger partial charge < -0.3 is 4.74 Å². The van der Waals surface area contributed by atoms with Gasteiger partial charge in [-0.25, -0.2) is 0 Å². The normalized spacial score (nSPS) is 27.1. The van der Waals surface area contributed by atoms with E-state index in [1.54, 1.807) is 0 Å². The summed E-state index contributed by atoms with van der Waals surface area (Å²) >= 11 is 9.53. The Morgan fingerprint density at radius 3 is 1.64 bits per heavy atom. The lowest BCUT2D eigenvalue weighted by atomic mass is 10.3. The lowest BCUT2D eigenvalue weighted by molar-refractivity contribution is -0.294. The molecule has 0 atom stereocenters. The van der Waals surface area contributed by atoms with Gasteiger partial charge in [0.25, 0.3) is 0 Å². The van der Waals surface area contributed by atoms with Crippen molar-refractivity contribution in [3.63, 3.8) is 0 Å². The van der Waals surface area contributed by atoms with E-state index < -0.39 is 22.3 Å². The van der Waals surface area contributed by atoms with Gasteiger partial charge >= 0.3 is 12.0 Å². The van der Waals surface area contributed by atoms with Crippen molar-refractivity contribution in [1.82, 2.24) is 0 Å². The van der Waals surface area contributed by atoms with Crippen LogP contribution in [0.3, 0.4) is 0 Å². The number of ether oxygens (including phenoxy) is 1. The molecular formula is C4Cl2F4O. The van der Waals surface area contributed by atoms with Crippen LogP contribution in [0.2, 0.25) is 0 Å². The number of hydrogen-bond acceptors (Lipinski definition) is 1. The van der Waals surface area contributed by atoms with Crippen LogP contribution in [0, 0.1) is 0 Å². The summed E-state index contributed by atoms with van der Waals surface area (Å²) in [5.74, 6) is -4.52. The van der Waals surface area contributed by atoms with Crippen LogP contribution in [0.5, 0.6) is 0 Å². The molecule has 0 spiro atoms. The second-order valence-corrected chi connectivity index (χ2v) is 2.50.